The Morgan fingerprint density at radius 1 is 1.12 bits per heavy atom. The van der Waals surface area contributed by atoms with E-state index in [-0.39, 0.29) is 4.90 Å². The first kappa shape index (κ1) is 19.6. The highest BCUT2D eigenvalue weighted by atomic mass is 35.5. The molecule has 8 heteroatoms. The van der Waals surface area contributed by atoms with Gasteiger partial charge in [0.1, 0.15) is 11.8 Å². The highest BCUT2D eigenvalue weighted by molar-refractivity contribution is 7.93. The molecule has 0 aliphatic carbocycles. The lowest BCUT2D eigenvalue weighted by Crippen LogP contribution is -2.42. The normalized spacial score (nSPS) is 12.5. The topological polar surface area (TPSA) is 63.7 Å². The molecule has 0 saturated heterocycles. The van der Waals surface area contributed by atoms with Gasteiger partial charge in [-0.1, -0.05) is 11.6 Å². The summed E-state index contributed by atoms with van der Waals surface area (Å²) in [5.74, 6) is 0.597. The number of nitrogens with zero attached hydrogens (tertiary/aromatic N) is 1. The van der Waals surface area contributed by atoms with E-state index in [1.807, 2.05) is 6.92 Å². The van der Waals surface area contributed by atoms with Crippen LogP contribution in [0.4, 0.5) is 5.69 Å². The van der Waals surface area contributed by atoms with Crippen molar-refractivity contribution in [1.82, 2.24) is 0 Å². The second-order valence-corrected chi connectivity index (χ2v) is 7.79. The summed E-state index contributed by atoms with van der Waals surface area (Å²) in [6.45, 7) is 3.77. The Labute approximate surface area is 157 Å². The summed E-state index contributed by atoms with van der Waals surface area (Å²) in [7, 11) is -4.01. The van der Waals surface area contributed by atoms with Gasteiger partial charge in [-0.15, -0.1) is 0 Å². The SMILES string of the molecule is CCOc1ccc(N(C(C)C(=O)Cl)S(=O)(=O)c2ccc(Cl)cc2)cc1. The zero-order valence-corrected chi connectivity index (χ0v) is 16.0. The maximum Gasteiger partial charge on any atom is 0.265 e. The molecule has 2 aromatic carbocycles. The van der Waals surface area contributed by atoms with Gasteiger partial charge in [-0.25, -0.2) is 8.42 Å². The monoisotopic (exact) mass is 401 g/mol. The van der Waals surface area contributed by atoms with E-state index in [0.29, 0.717) is 23.1 Å². The average molecular weight is 402 g/mol. The van der Waals surface area contributed by atoms with Crippen LogP contribution in [0.25, 0.3) is 0 Å². The van der Waals surface area contributed by atoms with Crippen molar-refractivity contribution in [1.29, 1.82) is 0 Å². The van der Waals surface area contributed by atoms with Crippen molar-refractivity contribution in [2.24, 2.45) is 0 Å². The van der Waals surface area contributed by atoms with Crippen LogP contribution in [-0.4, -0.2) is 26.3 Å². The highest BCUT2D eigenvalue weighted by Crippen LogP contribution is 2.29. The summed E-state index contributed by atoms with van der Waals surface area (Å²) in [5, 5.41) is -0.376. The lowest BCUT2D eigenvalue weighted by Gasteiger charge is -2.28. The molecular formula is C17H17Cl2NO4S. The van der Waals surface area contributed by atoms with Crippen LogP contribution >= 0.6 is 23.2 Å². The molecule has 0 heterocycles. The molecule has 25 heavy (non-hydrogen) atoms. The van der Waals surface area contributed by atoms with Crippen LogP contribution in [0, 0.1) is 0 Å². The second-order valence-electron chi connectivity index (χ2n) is 5.16. The first-order chi connectivity index (χ1) is 11.8. The van der Waals surface area contributed by atoms with Crippen molar-refractivity contribution in [2.75, 3.05) is 10.9 Å². The molecule has 0 aromatic heterocycles. The Balaban J connectivity index is 2.52. The van der Waals surface area contributed by atoms with Gasteiger partial charge in [-0.2, -0.15) is 0 Å². The minimum atomic E-state index is -4.01. The number of halogens is 2. The molecule has 0 bridgehead atoms. The van der Waals surface area contributed by atoms with E-state index in [1.165, 1.54) is 31.2 Å². The zero-order chi connectivity index (χ0) is 18.6. The quantitative estimate of drug-likeness (QED) is 0.655. The maximum absolute atomic E-state index is 13.0. The molecule has 2 aromatic rings. The number of ether oxygens (including phenoxy) is 1. The molecule has 0 saturated carbocycles. The van der Waals surface area contributed by atoms with Crippen molar-refractivity contribution in [2.45, 2.75) is 24.8 Å². The van der Waals surface area contributed by atoms with E-state index in [9.17, 15) is 13.2 Å². The third-order valence-electron chi connectivity index (χ3n) is 3.45. The number of hydrogen-bond donors (Lipinski definition) is 0. The molecule has 0 radical (unpaired) electrons. The molecule has 1 atom stereocenters. The third-order valence-corrected chi connectivity index (χ3v) is 5.93. The molecule has 0 fully saturated rings. The summed E-state index contributed by atoms with van der Waals surface area (Å²) in [6, 6.07) is 11.0. The second kappa shape index (κ2) is 8.08. The molecule has 0 spiro atoms. The summed E-state index contributed by atoms with van der Waals surface area (Å²) in [4.78, 5) is 11.7. The van der Waals surface area contributed by atoms with Gasteiger partial charge >= 0.3 is 0 Å². The molecule has 0 amide bonds. The van der Waals surface area contributed by atoms with Crippen LogP contribution in [0.15, 0.2) is 53.4 Å². The third kappa shape index (κ3) is 4.45. The fourth-order valence-electron chi connectivity index (χ4n) is 2.24. The largest absolute Gasteiger partial charge is 0.494 e. The summed E-state index contributed by atoms with van der Waals surface area (Å²) >= 11 is 11.4. The van der Waals surface area contributed by atoms with E-state index < -0.39 is 21.3 Å². The van der Waals surface area contributed by atoms with Gasteiger partial charge in [0.15, 0.2) is 0 Å². The Morgan fingerprint density at radius 3 is 2.16 bits per heavy atom. The Hall–Kier alpha value is -1.76. The smallest absolute Gasteiger partial charge is 0.265 e. The van der Waals surface area contributed by atoms with Crippen molar-refractivity contribution >= 4 is 44.2 Å². The molecule has 0 aliphatic rings. The van der Waals surface area contributed by atoms with Gasteiger partial charge in [0.2, 0.25) is 5.24 Å². The Morgan fingerprint density at radius 2 is 1.68 bits per heavy atom. The number of sulfonamides is 1. The molecule has 0 N–H and O–H groups in total. The predicted molar refractivity (Wildman–Crippen MR) is 99.0 cm³/mol. The molecule has 134 valence electrons. The average Bonchev–Trinajstić information content (AvgIpc) is 2.57. The van der Waals surface area contributed by atoms with Crippen molar-refractivity contribution in [3.8, 4) is 5.75 Å². The molecule has 5 nitrogen and oxygen atoms in total. The summed E-state index contributed by atoms with van der Waals surface area (Å²) < 4.78 is 32.4. The van der Waals surface area contributed by atoms with Crippen molar-refractivity contribution in [3.63, 3.8) is 0 Å². The Kier molecular flexibility index (Phi) is 6.32. The predicted octanol–water partition coefficient (Wildman–Crippen LogP) is 4.09. The van der Waals surface area contributed by atoms with E-state index in [4.69, 9.17) is 27.9 Å². The maximum atomic E-state index is 13.0. The van der Waals surface area contributed by atoms with Crippen LogP contribution in [0.3, 0.4) is 0 Å². The number of anilines is 1. The van der Waals surface area contributed by atoms with Crippen LogP contribution < -0.4 is 9.04 Å². The number of benzene rings is 2. The van der Waals surface area contributed by atoms with Gasteiger partial charge in [0, 0.05) is 5.02 Å². The molecule has 1 unspecified atom stereocenters. The first-order valence-corrected chi connectivity index (χ1v) is 9.69. The zero-order valence-electron chi connectivity index (χ0n) is 13.6. The van der Waals surface area contributed by atoms with E-state index in [1.54, 1.807) is 24.3 Å². The number of hydrogen-bond acceptors (Lipinski definition) is 4. The minimum Gasteiger partial charge on any atom is -0.494 e. The molecule has 0 aliphatic heterocycles. The van der Waals surface area contributed by atoms with Crippen LogP contribution in [0.2, 0.25) is 5.02 Å². The lowest BCUT2D eigenvalue weighted by molar-refractivity contribution is -0.112. The van der Waals surface area contributed by atoms with Crippen LogP contribution in [0.5, 0.6) is 5.75 Å². The van der Waals surface area contributed by atoms with Crippen LogP contribution in [-0.2, 0) is 14.8 Å². The van der Waals surface area contributed by atoms with Crippen molar-refractivity contribution in [3.05, 3.63) is 53.6 Å². The first-order valence-electron chi connectivity index (χ1n) is 7.49. The number of rotatable bonds is 7. The fourth-order valence-corrected chi connectivity index (χ4v) is 4.14. The molecular weight excluding hydrogens is 385 g/mol. The lowest BCUT2D eigenvalue weighted by atomic mass is 10.2. The minimum absolute atomic E-state index is 0.00977. The van der Waals surface area contributed by atoms with Crippen molar-refractivity contribution < 1.29 is 17.9 Å². The van der Waals surface area contributed by atoms with Gasteiger partial charge in [0.25, 0.3) is 10.0 Å². The van der Waals surface area contributed by atoms with Gasteiger partial charge < -0.3 is 4.74 Å². The van der Waals surface area contributed by atoms with Gasteiger partial charge in [0.05, 0.1) is 17.2 Å². The summed E-state index contributed by atoms with van der Waals surface area (Å²) in [6.07, 6.45) is 0. The molecule has 2 rings (SSSR count). The van der Waals surface area contributed by atoms with Gasteiger partial charge in [-0.3, -0.25) is 9.10 Å². The highest BCUT2D eigenvalue weighted by Gasteiger charge is 2.32. The van der Waals surface area contributed by atoms with Gasteiger partial charge in [-0.05, 0) is 74.0 Å². The standard InChI is InChI=1S/C17H17Cl2NO4S/c1-3-24-15-8-6-14(7-9-15)20(12(2)17(19)21)25(22,23)16-10-4-13(18)5-11-16/h4-12H,3H2,1-2H3. The van der Waals surface area contributed by atoms with E-state index in [2.05, 4.69) is 0 Å². The van der Waals surface area contributed by atoms with E-state index >= 15 is 0 Å². The number of carbonyl (C=O) groups is 1. The number of carbonyl (C=O) groups excluding carboxylic acids is 1. The van der Waals surface area contributed by atoms with E-state index in [0.717, 1.165) is 4.31 Å². The summed E-state index contributed by atoms with van der Waals surface area (Å²) in [5.41, 5.74) is 0.305. The van der Waals surface area contributed by atoms with Crippen LogP contribution in [0.1, 0.15) is 13.8 Å². The Bertz CT molecular complexity index is 836. The fraction of sp³-hybridized carbons (Fsp3) is 0.235.